The minimum absolute atomic E-state index is 0.100. The Labute approximate surface area is 156 Å². The number of nitrogens with zero attached hydrogens (tertiary/aromatic N) is 1. The maximum atomic E-state index is 12.7. The molecule has 27 heavy (non-hydrogen) atoms. The summed E-state index contributed by atoms with van der Waals surface area (Å²) in [7, 11) is 0. The highest BCUT2D eigenvalue weighted by Gasteiger charge is 2.44. The molecule has 0 bridgehead atoms. The molecule has 4 N–H and O–H groups in total. The number of amides is 4. The lowest BCUT2D eigenvalue weighted by Gasteiger charge is -2.27. The van der Waals surface area contributed by atoms with E-state index >= 15 is 0 Å². The van der Waals surface area contributed by atoms with Gasteiger partial charge in [-0.1, -0.05) is 0 Å². The summed E-state index contributed by atoms with van der Waals surface area (Å²) in [5.41, 5.74) is 6.58. The molecule has 0 saturated carbocycles. The van der Waals surface area contributed by atoms with Crippen molar-refractivity contribution in [3.05, 3.63) is 29.3 Å². The van der Waals surface area contributed by atoms with Crippen LogP contribution in [0.1, 0.15) is 40.0 Å². The molecule has 144 valence electrons. The number of anilines is 1. The first-order valence-electron chi connectivity index (χ1n) is 8.90. The van der Waals surface area contributed by atoms with Crippen LogP contribution >= 0.6 is 0 Å². The molecule has 1 aromatic rings. The number of rotatable bonds is 8. The summed E-state index contributed by atoms with van der Waals surface area (Å²) in [5.74, 6) is -2.03. The first kappa shape index (κ1) is 19.0. The molecule has 2 heterocycles. The molecule has 1 fully saturated rings. The molecule has 1 aromatic carbocycles. The van der Waals surface area contributed by atoms with Gasteiger partial charge in [0, 0.05) is 31.8 Å². The SMILES string of the molecule is NCCOCCCNc1ccc2c(c1)C(=O)N(C1CCC(=O)NC1=O)C2=O. The number of carbonyl (C=O) groups is 4. The third-order valence-corrected chi connectivity index (χ3v) is 4.50. The molecular formula is C18H22N4O5. The molecule has 4 amide bonds. The first-order valence-corrected chi connectivity index (χ1v) is 8.90. The summed E-state index contributed by atoms with van der Waals surface area (Å²) in [4.78, 5) is 49.6. The van der Waals surface area contributed by atoms with Crippen molar-refractivity contribution >= 4 is 29.3 Å². The van der Waals surface area contributed by atoms with Gasteiger partial charge in [0.25, 0.3) is 11.8 Å². The number of benzene rings is 1. The number of nitrogens with one attached hydrogen (secondary N) is 2. The van der Waals surface area contributed by atoms with Gasteiger partial charge in [-0.05, 0) is 31.0 Å². The van der Waals surface area contributed by atoms with Crippen LogP contribution in [0, 0.1) is 0 Å². The molecule has 3 rings (SSSR count). The number of hydrogen-bond donors (Lipinski definition) is 3. The van der Waals surface area contributed by atoms with Gasteiger partial charge in [0.05, 0.1) is 17.7 Å². The zero-order valence-corrected chi connectivity index (χ0v) is 14.8. The summed E-state index contributed by atoms with van der Waals surface area (Å²) >= 11 is 0. The summed E-state index contributed by atoms with van der Waals surface area (Å²) in [6.45, 7) is 2.22. The second kappa shape index (κ2) is 8.28. The zero-order valence-electron chi connectivity index (χ0n) is 14.8. The van der Waals surface area contributed by atoms with Gasteiger partial charge in [-0.25, -0.2) is 0 Å². The standard InChI is InChI=1S/C18H22N4O5/c19-6-9-27-8-1-7-20-11-2-3-12-13(10-11)18(26)22(17(12)25)14-4-5-15(23)21-16(14)24/h2-3,10,14,20H,1,4-9,19H2,(H,21,23,24). The number of hydrogen-bond acceptors (Lipinski definition) is 7. The Balaban J connectivity index is 1.66. The molecule has 2 aliphatic rings. The predicted molar refractivity (Wildman–Crippen MR) is 96.1 cm³/mol. The van der Waals surface area contributed by atoms with Gasteiger partial charge in [0.15, 0.2) is 0 Å². The van der Waals surface area contributed by atoms with E-state index in [9.17, 15) is 19.2 Å². The van der Waals surface area contributed by atoms with Crippen molar-refractivity contribution in [2.75, 3.05) is 31.6 Å². The molecular weight excluding hydrogens is 352 g/mol. The minimum Gasteiger partial charge on any atom is -0.385 e. The van der Waals surface area contributed by atoms with Gasteiger partial charge in [-0.3, -0.25) is 29.4 Å². The molecule has 1 atom stereocenters. The molecule has 9 heteroatoms. The van der Waals surface area contributed by atoms with Gasteiger partial charge in [-0.2, -0.15) is 0 Å². The van der Waals surface area contributed by atoms with Crippen molar-refractivity contribution < 1.29 is 23.9 Å². The largest absolute Gasteiger partial charge is 0.385 e. The first-order chi connectivity index (χ1) is 13.0. The molecule has 0 aromatic heterocycles. The molecule has 0 spiro atoms. The average Bonchev–Trinajstić information content (AvgIpc) is 2.89. The summed E-state index contributed by atoms with van der Waals surface area (Å²) in [6, 6.07) is 3.96. The fourth-order valence-electron chi connectivity index (χ4n) is 3.17. The Kier molecular flexibility index (Phi) is 5.82. The van der Waals surface area contributed by atoms with Crippen LogP contribution in [0.2, 0.25) is 0 Å². The number of fused-ring (bicyclic) bond motifs is 1. The second-order valence-corrected chi connectivity index (χ2v) is 6.39. The highest BCUT2D eigenvalue weighted by molar-refractivity contribution is 6.23. The van der Waals surface area contributed by atoms with E-state index in [4.69, 9.17) is 10.5 Å². The lowest BCUT2D eigenvalue weighted by atomic mass is 10.0. The van der Waals surface area contributed by atoms with Crippen LogP contribution in [0.3, 0.4) is 0 Å². The smallest absolute Gasteiger partial charge is 0.262 e. The Hall–Kier alpha value is -2.78. The monoisotopic (exact) mass is 374 g/mol. The third-order valence-electron chi connectivity index (χ3n) is 4.50. The molecule has 0 radical (unpaired) electrons. The fourth-order valence-corrected chi connectivity index (χ4v) is 3.17. The lowest BCUT2D eigenvalue weighted by molar-refractivity contribution is -0.136. The molecule has 1 saturated heterocycles. The predicted octanol–water partition coefficient (Wildman–Crippen LogP) is -0.135. The Morgan fingerprint density at radius 1 is 1.15 bits per heavy atom. The highest BCUT2D eigenvalue weighted by atomic mass is 16.5. The number of nitrogens with two attached hydrogens (primary N) is 1. The Morgan fingerprint density at radius 2 is 1.93 bits per heavy atom. The van der Waals surface area contributed by atoms with E-state index in [0.29, 0.717) is 32.0 Å². The molecule has 1 unspecified atom stereocenters. The zero-order chi connectivity index (χ0) is 19.4. The van der Waals surface area contributed by atoms with Crippen LogP contribution < -0.4 is 16.4 Å². The van der Waals surface area contributed by atoms with Crippen LogP contribution in [0.25, 0.3) is 0 Å². The van der Waals surface area contributed by atoms with E-state index in [1.807, 2.05) is 0 Å². The molecule has 9 nitrogen and oxygen atoms in total. The Morgan fingerprint density at radius 3 is 2.67 bits per heavy atom. The maximum absolute atomic E-state index is 12.7. The van der Waals surface area contributed by atoms with Gasteiger partial charge in [0.1, 0.15) is 6.04 Å². The van der Waals surface area contributed by atoms with Crippen molar-refractivity contribution in [3.8, 4) is 0 Å². The topological polar surface area (TPSA) is 131 Å². The van der Waals surface area contributed by atoms with Crippen LogP contribution in [0.5, 0.6) is 0 Å². The van der Waals surface area contributed by atoms with E-state index in [1.54, 1.807) is 18.2 Å². The fraction of sp³-hybridized carbons (Fsp3) is 0.444. The summed E-state index contributed by atoms with van der Waals surface area (Å²) in [5, 5.41) is 5.36. The number of piperidine rings is 1. The average molecular weight is 374 g/mol. The van der Waals surface area contributed by atoms with E-state index in [0.717, 1.165) is 11.3 Å². The van der Waals surface area contributed by atoms with Crippen molar-refractivity contribution in [3.63, 3.8) is 0 Å². The minimum atomic E-state index is -0.953. The van der Waals surface area contributed by atoms with Crippen molar-refractivity contribution in [1.29, 1.82) is 0 Å². The normalized spacial score (nSPS) is 19.3. The second-order valence-electron chi connectivity index (χ2n) is 6.39. The summed E-state index contributed by atoms with van der Waals surface area (Å²) in [6.07, 6.45) is 1.01. The van der Waals surface area contributed by atoms with Crippen molar-refractivity contribution in [1.82, 2.24) is 10.2 Å². The van der Waals surface area contributed by atoms with Gasteiger partial charge < -0.3 is 15.8 Å². The van der Waals surface area contributed by atoms with Crippen LogP contribution in [0.15, 0.2) is 18.2 Å². The van der Waals surface area contributed by atoms with Crippen molar-refractivity contribution in [2.24, 2.45) is 5.73 Å². The maximum Gasteiger partial charge on any atom is 0.262 e. The summed E-state index contributed by atoms with van der Waals surface area (Å²) < 4.78 is 5.29. The third kappa shape index (κ3) is 3.99. The van der Waals surface area contributed by atoms with Gasteiger partial charge >= 0.3 is 0 Å². The van der Waals surface area contributed by atoms with Crippen LogP contribution in [-0.4, -0.2) is 60.9 Å². The number of imide groups is 2. The van der Waals surface area contributed by atoms with Crippen LogP contribution in [-0.2, 0) is 14.3 Å². The van der Waals surface area contributed by atoms with Crippen molar-refractivity contribution in [2.45, 2.75) is 25.3 Å². The number of ether oxygens (including phenoxy) is 1. The highest BCUT2D eigenvalue weighted by Crippen LogP contribution is 2.29. The van der Waals surface area contributed by atoms with E-state index in [2.05, 4.69) is 10.6 Å². The lowest BCUT2D eigenvalue weighted by Crippen LogP contribution is -2.54. The Bertz CT molecular complexity index is 779. The van der Waals surface area contributed by atoms with Gasteiger partial charge in [0.2, 0.25) is 11.8 Å². The van der Waals surface area contributed by atoms with E-state index < -0.39 is 29.7 Å². The van der Waals surface area contributed by atoms with E-state index in [1.165, 1.54) is 0 Å². The molecule has 0 aliphatic carbocycles. The molecule has 2 aliphatic heterocycles. The number of carbonyl (C=O) groups excluding carboxylic acids is 4. The van der Waals surface area contributed by atoms with Crippen LogP contribution in [0.4, 0.5) is 5.69 Å². The quantitative estimate of drug-likeness (QED) is 0.426. The van der Waals surface area contributed by atoms with E-state index in [-0.39, 0.29) is 24.0 Å². The van der Waals surface area contributed by atoms with Gasteiger partial charge in [-0.15, -0.1) is 0 Å².